The standard InChI is InChI=1S/C24H19FN6O3/c25-17-1-5-19(6-2-17)31-13-16(11-23(31)32)24(33)29-18-3-7-20(8-4-18)34-22-12-21(27-14-28-22)30-10-9-26-15-30/h1-10,12,14-16H,11,13H2,(H,29,33). The summed E-state index contributed by atoms with van der Waals surface area (Å²) in [5.74, 6) is 0.203. The van der Waals surface area contributed by atoms with Gasteiger partial charge in [-0.15, -0.1) is 0 Å². The average Bonchev–Trinajstić information content (AvgIpc) is 3.52. The normalized spacial score (nSPS) is 15.4. The fraction of sp³-hybridized carbons (Fsp3) is 0.125. The highest BCUT2D eigenvalue weighted by Crippen LogP contribution is 2.27. The second-order valence-electron chi connectivity index (χ2n) is 7.68. The highest BCUT2D eigenvalue weighted by molar-refractivity contribution is 6.03. The molecule has 1 aliphatic rings. The monoisotopic (exact) mass is 458 g/mol. The summed E-state index contributed by atoms with van der Waals surface area (Å²) in [7, 11) is 0. The number of anilines is 2. The number of amides is 2. The lowest BCUT2D eigenvalue weighted by Gasteiger charge is -2.16. The second kappa shape index (κ2) is 9.10. The van der Waals surface area contributed by atoms with Crippen molar-refractivity contribution >= 4 is 23.2 Å². The first-order chi connectivity index (χ1) is 16.5. The third-order valence-electron chi connectivity index (χ3n) is 5.37. The molecule has 0 aliphatic carbocycles. The minimum absolute atomic E-state index is 0.0946. The van der Waals surface area contributed by atoms with Crippen LogP contribution in [0.3, 0.4) is 0 Å². The number of aromatic nitrogens is 4. The van der Waals surface area contributed by atoms with Crippen LogP contribution in [0.4, 0.5) is 15.8 Å². The Morgan fingerprint density at radius 1 is 1.09 bits per heavy atom. The van der Waals surface area contributed by atoms with Gasteiger partial charge in [0, 0.05) is 42.8 Å². The second-order valence-corrected chi connectivity index (χ2v) is 7.68. The molecule has 34 heavy (non-hydrogen) atoms. The predicted molar refractivity (Wildman–Crippen MR) is 121 cm³/mol. The maximum Gasteiger partial charge on any atom is 0.229 e. The largest absolute Gasteiger partial charge is 0.439 e. The van der Waals surface area contributed by atoms with Gasteiger partial charge in [0.1, 0.15) is 30.0 Å². The zero-order valence-electron chi connectivity index (χ0n) is 17.8. The van der Waals surface area contributed by atoms with Crippen molar-refractivity contribution in [1.29, 1.82) is 0 Å². The van der Waals surface area contributed by atoms with Gasteiger partial charge >= 0.3 is 0 Å². The third-order valence-corrected chi connectivity index (χ3v) is 5.37. The fourth-order valence-corrected chi connectivity index (χ4v) is 3.65. The lowest BCUT2D eigenvalue weighted by Crippen LogP contribution is -2.28. The van der Waals surface area contributed by atoms with Crippen LogP contribution in [0.15, 0.2) is 79.6 Å². The van der Waals surface area contributed by atoms with Crippen LogP contribution in [0.5, 0.6) is 11.6 Å². The molecule has 2 aromatic carbocycles. The van der Waals surface area contributed by atoms with E-state index in [1.165, 1.54) is 35.5 Å². The highest BCUT2D eigenvalue weighted by Gasteiger charge is 2.35. The minimum Gasteiger partial charge on any atom is -0.439 e. The Labute approximate surface area is 193 Å². The van der Waals surface area contributed by atoms with E-state index in [9.17, 15) is 14.0 Å². The number of imidazole rings is 1. The Morgan fingerprint density at radius 2 is 1.88 bits per heavy atom. The summed E-state index contributed by atoms with van der Waals surface area (Å²) in [5.41, 5.74) is 1.15. The number of rotatable bonds is 6. The summed E-state index contributed by atoms with van der Waals surface area (Å²) >= 11 is 0. The van der Waals surface area contributed by atoms with Crippen molar-refractivity contribution in [1.82, 2.24) is 19.5 Å². The molecule has 0 radical (unpaired) electrons. The van der Waals surface area contributed by atoms with Crippen LogP contribution in [0.1, 0.15) is 6.42 Å². The summed E-state index contributed by atoms with van der Waals surface area (Å²) in [5, 5.41) is 2.83. The Bertz CT molecular complexity index is 1310. The first kappa shape index (κ1) is 21.3. The summed E-state index contributed by atoms with van der Waals surface area (Å²) in [6.45, 7) is 0.241. The number of carbonyl (C=O) groups excluding carboxylic acids is 2. The van der Waals surface area contributed by atoms with Crippen LogP contribution in [0.2, 0.25) is 0 Å². The molecule has 1 aliphatic heterocycles. The zero-order chi connectivity index (χ0) is 23.5. The molecule has 0 bridgehead atoms. The molecular formula is C24H19FN6O3. The summed E-state index contributed by atoms with van der Waals surface area (Å²) < 4.78 is 20.7. The van der Waals surface area contributed by atoms with Crippen molar-refractivity contribution in [2.75, 3.05) is 16.8 Å². The molecule has 4 aromatic rings. The van der Waals surface area contributed by atoms with Gasteiger partial charge in [0.15, 0.2) is 0 Å². The molecule has 1 fully saturated rings. The van der Waals surface area contributed by atoms with Gasteiger partial charge in [-0.05, 0) is 48.5 Å². The molecule has 0 spiro atoms. The quantitative estimate of drug-likeness (QED) is 0.474. The predicted octanol–water partition coefficient (Wildman–Crippen LogP) is 3.59. The lowest BCUT2D eigenvalue weighted by atomic mass is 10.1. The number of hydrogen-bond donors (Lipinski definition) is 1. The van der Waals surface area contributed by atoms with Crippen molar-refractivity contribution in [3.05, 3.63) is 85.5 Å². The van der Waals surface area contributed by atoms with Gasteiger partial charge in [-0.3, -0.25) is 14.2 Å². The summed E-state index contributed by atoms with van der Waals surface area (Å²) in [4.78, 5) is 38.9. The van der Waals surface area contributed by atoms with Crippen LogP contribution >= 0.6 is 0 Å². The number of hydrogen-bond acceptors (Lipinski definition) is 6. The molecule has 1 N–H and O–H groups in total. The van der Waals surface area contributed by atoms with Crippen molar-refractivity contribution in [3.8, 4) is 17.4 Å². The SMILES string of the molecule is O=C(Nc1ccc(Oc2cc(-n3ccnc3)ncn2)cc1)C1CC(=O)N(c2ccc(F)cc2)C1. The number of halogens is 1. The van der Waals surface area contributed by atoms with Crippen molar-refractivity contribution in [3.63, 3.8) is 0 Å². The van der Waals surface area contributed by atoms with E-state index in [4.69, 9.17) is 4.74 Å². The molecule has 5 rings (SSSR count). The Balaban J connectivity index is 1.20. The van der Waals surface area contributed by atoms with E-state index in [0.29, 0.717) is 28.8 Å². The van der Waals surface area contributed by atoms with Crippen LogP contribution < -0.4 is 15.0 Å². The molecule has 2 aromatic heterocycles. The van der Waals surface area contributed by atoms with Crippen LogP contribution in [0, 0.1) is 11.7 Å². The molecular weight excluding hydrogens is 439 g/mol. The number of benzene rings is 2. The molecule has 1 unspecified atom stereocenters. The Kier molecular flexibility index (Phi) is 5.69. The van der Waals surface area contributed by atoms with Crippen LogP contribution in [0.25, 0.3) is 5.82 Å². The van der Waals surface area contributed by atoms with E-state index in [-0.39, 0.29) is 30.6 Å². The van der Waals surface area contributed by atoms with Gasteiger partial charge in [0.05, 0.1) is 5.92 Å². The summed E-state index contributed by atoms with van der Waals surface area (Å²) in [6, 6.07) is 14.2. The number of ether oxygens (including phenoxy) is 1. The third kappa shape index (κ3) is 4.60. The highest BCUT2D eigenvalue weighted by atomic mass is 19.1. The maximum atomic E-state index is 13.2. The van der Waals surface area contributed by atoms with Crippen molar-refractivity contribution in [2.24, 2.45) is 5.92 Å². The number of nitrogens with zero attached hydrogens (tertiary/aromatic N) is 5. The minimum atomic E-state index is -0.504. The molecule has 1 atom stereocenters. The Morgan fingerprint density at radius 3 is 2.62 bits per heavy atom. The Hall–Kier alpha value is -4.60. The van der Waals surface area contributed by atoms with E-state index in [0.717, 1.165) is 0 Å². The van der Waals surface area contributed by atoms with Gasteiger partial charge < -0.3 is 15.0 Å². The van der Waals surface area contributed by atoms with E-state index in [1.807, 2.05) is 0 Å². The molecule has 10 heteroatoms. The topological polar surface area (TPSA) is 102 Å². The van der Waals surface area contributed by atoms with Crippen LogP contribution in [-0.2, 0) is 9.59 Å². The average molecular weight is 458 g/mol. The van der Waals surface area contributed by atoms with Gasteiger partial charge in [-0.2, -0.15) is 0 Å². The van der Waals surface area contributed by atoms with E-state index < -0.39 is 5.92 Å². The van der Waals surface area contributed by atoms with Crippen molar-refractivity contribution < 1.29 is 18.7 Å². The van der Waals surface area contributed by atoms with Gasteiger partial charge in [0.25, 0.3) is 0 Å². The molecule has 170 valence electrons. The van der Waals surface area contributed by atoms with Crippen molar-refractivity contribution in [2.45, 2.75) is 6.42 Å². The van der Waals surface area contributed by atoms with Gasteiger partial charge in [0.2, 0.25) is 17.7 Å². The molecule has 3 heterocycles. The zero-order valence-corrected chi connectivity index (χ0v) is 17.8. The first-order valence-electron chi connectivity index (χ1n) is 10.5. The molecule has 0 saturated carbocycles. The van der Waals surface area contributed by atoms with Crippen LogP contribution in [-0.4, -0.2) is 37.9 Å². The number of nitrogens with one attached hydrogen (secondary N) is 1. The van der Waals surface area contributed by atoms with Gasteiger partial charge in [-0.25, -0.2) is 19.3 Å². The molecule has 9 nitrogen and oxygen atoms in total. The van der Waals surface area contributed by atoms with E-state index >= 15 is 0 Å². The van der Waals surface area contributed by atoms with E-state index in [2.05, 4.69) is 20.3 Å². The fourth-order valence-electron chi connectivity index (χ4n) is 3.65. The van der Waals surface area contributed by atoms with E-state index in [1.54, 1.807) is 53.6 Å². The maximum absolute atomic E-state index is 13.2. The lowest BCUT2D eigenvalue weighted by molar-refractivity contribution is -0.122. The first-order valence-corrected chi connectivity index (χ1v) is 10.5. The molecule has 2 amide bonds. The number of carbonyl (C=O) groups is 2. The molecule has 1 saturated heterocycles. The summed E-state index contributed by atoms with van der Waals surface area (Å²) in [6.07, 6.45) is 6.53. The van der Waals surface area contributed by atoms with Gasteiger partial charge in [-0.1, -0.05) is 0 Å². The smallest absolute Gasteiger partial charge is 0.229 e.